The monoisotopic (exact) mass is 1670 g/mol. The molecule has 116 heavy (non-hydrogen) atoms. The summed E-state index contributed by atoms with van der Waals surface area (Å²) in [6.45, 7) is 36.8. The molecule has 0 bridgehead atoms. The van der Waals surface area contributed by atoms with Crippen molar-refractivity contribution in [1.29, 1.82) is 0 Å². The summed E-state index contributed by atoms with van der Waals surface area (Å²) < 4.78 is 90.3. The van der Waals surface area contributed by atoms with Gasteiger partial charge in [0.05, 0.1) is 35.2 Å². The average Bonchev–Trinajstić information content (AvgIpc) is 1.18. The first kappa shape index (κ1) is 85.0. The molecule has 34 heteroatoms. The Hall–Kier alpha value is -10.4. The Kier molecular flexibility index (Phi) is 24.9. The fourth-order valence-electron chi connectivity index (χ4n) is 15.0. The highest BCUT2D eigenvalue weighted by molar-refractivity contribution is 9.10. The number of piperidine rings is 3. The SMILES string of the molecule is C=C1C=[n+]2nc(Cl)cc(C)c2=N1.COCOc1cc(-c2cc(C)c3nc(C)cn3n2)cnc1-c1ccc(O[C@H]2CC(C)(C)NC(C)(C)[C@H]2F)nn1.COCOc1cc(Br)cnc1-c1ccc(O[C@H]2CC(C)(C)NC(C)(C)[C@H]2F)nn1.Cc1cn2nc(-c3cnc(-c4ccc(O[C@H]5CC(C)(C)NC(C)(C)[C@H]5F)nn4)c(O)c3)cc(C)c2n1. The van der Waals surface area contributed by atoms with Crippen LogP contribution >= 0.6 is 27.5 Å². The van der Waals surface area contributed by atoms with Gasteiger partial charge < -0.3 is 54.2 Å². The van der Waals surface area contributed by atoms with Crippen LogP contribution in [0.25, 0.3) is 68.0 Å². The van der Waals surface area contributed by atoms with Crippen molar-refractivity contribution >= 4 is 38.8 Å². The van der Waals surface area contributed by atoms with Gasteiger partial charge in [0.1, 0.15) is 58.2 Å². The van der Waals surface area contributed by atoms with Gasteiger partial charge in [0.15, 0.2) is 66.3 Å². The topological polar surface area (TPSA) is 328 Å². The van der Waals surface area contributed by atoms with Crippen molar-refractivity contribution in [3.8, 4) is 91.6 Å². The molecule has 3 fully saturated rings. The summed E-state index contributed by atoms with van der Waals surface area (Å²) in [5.74, 6) is 1.66. The molecule has 15 heterocycles. The van der Waals surface area contributed by atoms with Crippen molar-refractivity contribution in [2.75, 3.05) is 27.8 Å². The Morgan fingerprint density at radius 1 is 0.526 bits per heavy atom. The fraction of sp³-hybridized carbons (Fsp3) is 0.439. The summed E-state index contributed by atoms with van der Waals surface area (Å²) in [4.78, 5) is 26.6. The van der Waals surface area contributed by atoms with E-state index in [1.54, 1.807) is 107 Å². The number of rotatable bonds is 17. The number of aryl methyl sites for hydroxylation is 5. The van der Waals surface area contributed by atoms with Gasteiger partial charge in [-0.1, -0.05) is 21.1 Å². The van der Waals surface area contributed by atoms with E-state index in [0.29, 0.717) is 81.3 Å². The van der Waals surface area contributed by atoms with Crippen molar-refractivity contribution in [3.05, 3.63) is 165 Å². The lowest BCUT2D eigenvalue weighted by molar-refractivity contribution is -0.589. The minimum atomic E-state index is -1.21. The molecule has 3 saturated heterocycles. The highest BCUT2D eigenvalue weighted by Gasteiger charge is 2.50. The number of aromatic hydroxyl groups is 1. The normalized spacial score (nSPS) is 20.4. The first-order chi connectivity index (χ1) is 54.6. The number of imidazole rings is 2. The number of halogens is 5. The zero-order chi connectivity index (χ0) is 83.7. The predicted octanol–water partition coefficient (Wildman–Crippen LogP) is 13.1. The number of methoxy groups -OCH3 is 2. The third-order valence-corrected chi connectivity index (χ3v) is 20.1. The molecule has 11 aromatic heterocycles. The lowest BCUT2D eigenvalue weighted by Gasteiger charge is -2.48. The quantitative estimate of drug-likeness (QED) is 0.0486. The summed E-state index contributed by atoms with van der Waals surface area (Å²) in [5, 5.41) is 59.6. The van der Waals surface area contributed by atoms with Crippen molar-refractivity contribution in [2.24, 2.45) is 4.99 Å². The summed E-state index contributed by atoms with van der Waals surface area (Å²) in [7, 11) is 3.09. The second-order valence-electron chi connectivity index (χ2n) is 32.9. The maximum absolute atomic E-state index is 15.2. The van der Waals surface area contributed by atoms with Crippen LogP contribution in [0, 0.1) is 40.8 Å². The van der Waals surface area contributed by atoms with Gasteiger partial charge >= 0.3 is 5.49 Å². The lowest BCUT2D eigenvalue weighted by atomic mass is 9.79. The number of ether oxygens (including phenoxy) is 7. The molecule has 0 amide bonds. The number of alkyl halides is 3. The van der Waals surface area contributed by atoms with Gasteiger partial charge in [0, 0.05) is 125 Å². The molecule has 4 N–H and O–H groups in total. The molecule has 29 nitrogen and oxygen atoms in total. The van der Waals surface area contributed by atoms with Gasteiger partial charge in [-0.15, -0.1) is 30.6 Å². The maximum Gasteiger partial charge on any atom is 0.352 e. The molecule has 11 aromatic rings. The molecule has 0 aromatic carbocycles. The fourth-order valence-corrected chi connectivity index (χ4v) is 15.6. The largest absolute Gasteiger partial charge is 0.506 e. The van der Waals surface area contributed by atoms with Crippen LogP contribution in [0.2, 0.25) is 5.15 Å². The summed E-state index contributed by atoms with van der Waals surface area (Å²) >= 11 is 9.12. The van der Waals surface area contributed by atoms with Gasteiger partial charge in [-0.2, -0.15) is 10.2 Å². The summed E-state index contributed by atoms with van der Waals surface area (Å²) in [6, 6.07) is 20.9. The number of hydrogen-bond acceptors (Lipinski definition) is 26. The highest BCUT2D eigenvalue weighted by atomic mass is 79.9. The Morgan fingerprint density at radius 2 is 0.922 bits per heavy atom. The van der Waals surface area contributed by atoms with Crippen LogP contribution in [0.5, 0.6) is 34.9 Å². The first-order valence-electron chi connectivity index (χ1n) is 37.6. The van der Waals surface area contributed by atoms with Crippen molar-refractivity contribution in [2.45, 2.75) is 207 Å². The Labute approximate surface area is 683 Å². The summed E-state index contributed by atoms with van der Waals surface area (Å²) in [5.41, 5.74) is 10.3. The molecule has 0 unspecified atom stereocenters. The van der Waals surface area contributed by atoms with Crippen LogP contribution < -0.4 is 49.5 Å². The van der Waals surface area contributed by atoms with Crippen molar-refractivity contribution in [3.63, 3.8) is 0 Å². The maximum atomic E-state index is 15.2. The van der Waals surface area contributed by atoms with Crippen LogP contribution in [0.15, 0.2) is 126 Å². The third kappa shape index (κ3) is 20.0. The standard InChI is InChI=1S/C28H34FN7O3.C26H30FN7O2.C20H26BrFN4O3.C8H7ClN3/c1-16-10-20(34-36-14-17(2)31-26(16)36)18-11-21(38-15-37-7)24(30-13-18)19-8-9-23(33-32-19)39-22-12-27(3,4)35-28(5,6)25(22)29;1-14-9-18(32-34-13-15(2)29-24(14)34)16-10-19(35)22(28-12-16)17-7-8-21(31-30-17)36-20-11-25(3,4)33-26(5,6)23(20)27;1-19(2)9-15(18(22)20(3,4)26-19)29-16-7-6-13(24-25-16)17-14(28-11-27-5)8-12(21)10-23-17;1-5-3-7(9)11-12-4-6(2)10-8(5)12/h8-11,13-14,22,25,35H,12,15H2,1-7H3;7-10,12-13,20,23,33,35H,11H2,1-6H3;6-8,10,15,18,26H,9,11H2,1-5H3;3-4H,2H2,1H3/q;;;+1/t22-,25-;20-,23-;15-,18-;/m000./s1. The van der Waals surface area contributed by atoms with E-state index in [0.717, 1.165) is 60.6 Å². The molecule has 0 saturated carbocycles. The number of nitrogens with zero attached hydrogens (tertiary/aromatic N) is 18. The Morgan fingerprint density at radius 3 is 1.33 bits per heavy atom. The molecule has 0 spiro atoms. The lowest BCUT2D eigenvalue weighted by Crippen LogP contribution is -2.66. The number of fused-ring (bicyclic) bond motifs is 3. The molecule has 4 aliphatic rings. The van der Waals surface area contributed by atoms with Gasteiger partial charge in [-0.3, -0.25) is 0 Å². The highest BCUT2D eigenvalue weighted by Crippen LogP contribution is 2.40. The minimum Gasteiger partial charge on any atom is -0.506 e. The number of hydrogen-bond donors (Lipinski definition) is 4. The summed E-state index contributed by atoms with van der Waals surface area (Å²) in [6.07, 6.45) is 6.44. The van der Waals surface area contributed by atoms with E-state index in [9.17, 15) is 9.50 Å². The van der Waals surface area contributed by atoms with E-state index in [1.165, 1.54) is 0 Å². The van der Waals surface area contributed by atoms with E-state index in [-0.39, 0.29) is 59.3 Å². The van der Waals surface area contributed by atoms with E-state index in [2.05, 4.69) is 109 Å². The molecule has 0 aliphatic carbocycles. The Balaban J connectivity index is 0.000000150. The number of allylic oxidation sites excluding steroid dienone is 1. The molecule has 15 rings (SSSR count). The van der Waals surface area contributed by atoms with E-state index < -0.39 is 53.4 Å². The first-order valence-corrected chi connectivity index (χ1v) is 38.8. The number of aromatic nitrogens is 17. The molecule has 6 atom stereocenters. The van der Waals surface area contributed by atoms with Gasteiger partial charge in [-0.25, -0.2) is 47.1 Å². The Bertz CT molecular complexity index is 5550. The van der Waals surface area contributed by atoms with Crippen LogP contribution in [0.3, 0.4) is 0 Å². The molecule has 0 radical (unpaired) electrons. The van der Waals surface area contributed by atoms with Crippen molar-refractivity contribution in [1.82, 2.24) is 95.8 Å². The van der Waals surface area contributed by atoms with Crippen LogP contribution in [0.1, 0.15) is 130 Å². The molecular formula is C82H97BrClF3N21O8+. The second kappa shape index (κ2) is 34.0. The predicted molar refractivity (Wildman–Crippen MR) is 433 cm³/mol. The zero-order valence-corrected chi connectivity index (χ0v) is 70.7. The second-order valence-corrected chi connectivity index (χ2v) is 34.2. The van der Waals surface area contributed by atoms with E-state index in [1.807, 2.05) is 148 Å². The van der Waals surface area contributed by atoms with Gasteiger partial charge in [0.25, 0.3) is 0 Å². The third-order valence-electron chi connectivity index (χ3n) is 19.5. The van der Waals surface area contributed by atoms with Gasteiger partial charge in [0.2, 0.25) is 23.3 Å². The molecule has 612 valence electrons. The van der Waals surface area contributed by atoms with Crippen LogP contribution in [0.4, 0.5) is 13.2 Å². The average molecular weight is 1680 g/mol. The van der Waals surface area contributed by atoms with E-state index >= 15 is 8.78 Å². The van der Waals surface area contributed by atoms with Crippen molar-refractivity contribution < 1.29 is 55.8 Å². The number of nitrogens with one attached hydrogen (secondary N) is 3. The smallest absolute Gasteiger partial charge is 0.352 e. The minimum absolute atomic E-state index is 0.0259. The molecule has 4 aliphatic heterocycles. The van der Waals surface area contributed by atoms with E-state index in [4.69, 9.17) is 49.9 Å². The van der Waals surface area contributed by atoms with Crippen LogP contribution in [-0.2, 0) is 9.47 Å². The zero-order valence-electron chi connectivity index (χ0n) is 68.3. The van der Waals surface area contributed by atoms with Gasteiger partial charge in [-0.05, 0) is 211 Å². The molecular weight excluding hydrogens is 1580 g/mol. The van der Waals surface area contributed by atoms with Crippen LogP contribution in [-0.4, -0.2) is 183 Å². The number of pyridine rings is 3.